The summed E-state index contributed by atoms with van der Waals surface area (Å²) in [5.74, 6) is -0.320. The molecule has 1 amide bonds. The maximum absolute atomic E-state index is 12.0. The molecule has 0 bridgehead atoms. The van der Waals surface area contributed by atoms with Crippen molar-refractivity contribution < 1.29 is 14.3 Å². The normalized spacial score (nSPS) is 20.9. The van der Waals surface area contributed by atoms with Crippen molar-refractivity contribution in [3.63, 3.8) is 0 Å². The molecular formula is C15H19N3O3. The molecule has 2 aliphatic heterocycles. The Hall–Kier alpha value is -2.08. The molecule has 112 valence electrons. The number of nitrogens with one attached hydrogen (secondary N) is 2. The second-order valence-electron chi connectivity index (χ2n) is 5.26. The zero-order valence-corrected chi connectivity index (χ0v) is 12.0. The number of rotatable bonds is 2. The monoisotopic (exact) mass is 289 g/mol. The van der Waals surface area contributed by atoms with Crippen LogP contribution in [0.5, 0.6) is 0 Å². The van der Waals surface area contributed by atoms with Gasteiger partial charge in [-0.25, -0.2) is 4.79 Å². The number of carbonyl (C=O) groups is 2. The minimum absolute atomic E-state index is 0.0105. The van der Waals surface area contributed by atoms with Crippen LogP contribution >= 0.6 is 0 Å². The lowest BCUT2D eigenvalue weighted by Gasteiger charge is -2.36. The van der Waals surface area contributed by atoms with Gasteiger partial charge >= 0.3 is 5.97 Å². The SMILES string of the molecule is CCOC(=O)c1ccc2c(c1)N1CCNCC1CC(=O)N2. The van der Waals surface area contributed by atoms with E-state index in [2.05, 4.69) is 15.5 Å². The Morgan fingerprint density at radius 2 is 2.33 bits per heavy atom. The molecule has 0 aromatic heterocycles. The number of piperazine rings is 1. The second kappa shape index (κ2) is 5.73. The van der Waals surface area contributed by atoms with E-state index in [1.165, 1.54) is 0 Å². The fourth-order valence-corrected chi connectivity index (χ4v) is 2.89. The van der Waals surface area contributed by atoms with Gasteiger partial charge in [-0.05, 0) is 25.1 Å². The van der Waals surface area contributed by atoms with E-state index in [4.69, 9.17) is 4.74 Å². The number of hydrogen-bond acceptors (Lipinski definition) is 5. The van der Waals surface area contributed by atoms with Crippen LogP contribution in [0.1, 0.15) is 23.7 Å². The molecule has 0 radical (unpaired) electrons. The molecule has 1 aromatic rings. The summed E-state index contributed by atoms with van der Waals surface area (Å²) in [4.78, 5) is 26.1. The molecule has 21 heavy (non-hydrogen) atoms. The minimum Gasteiger partial charge on any atom is -0.462 e. The predicted molar refractivity (Wildman–Crippen MR) is 79.6 cm³/mol. The van der Waals surface area contributed by atoms with E-state index in [-0.39, 0.29) is 17.9 Å². The van der Waals surface area contributed by atoms with Gasteiger partial charge in [-0.1, -0.05) is 0 Å². The Kier molecular flexibility index (Phi) is 3.79. The molecule has 2 aliphatic rings. The van der Waals surface area contributed by atoms with E-state index in [1.54, 1.807) is 19.1 Å². The average molecular weight is 289 g/mol. The highest BCUT2D eigenvalue weighted by atomic mass is 16.5. The molecule has 1 atom stereocenters. The van der Waals surface area contributed by atoms with E-state index in [0.29, 0.717) is 18.6 Å². The summed E-state index contributed by atoms with van der Waals surface area (Å²) in [6.07, 6.45) is 0.455. The third-order valence-electron chi connectivity index (χ3n) is 3.86. The Morgan fingerprint density at radius 3 is 3.14 bits per heavy atom. The van der Waals surface area contributed by atoms with Crippen LogP contribution in [0, 0.1) is 0 Å². The molecule has 1 saturated heterocycles. The molecule has 3 rings (SSSR count). The topological polar surface area (TPSA) is 70.7 Å². The van der Waals surface area contributed by atoms with Gasteiger partial charge < -0.3 is 20.3 Å². The lowest BCUT2D eigenvalue weighted by atomic mass is 10.1. The lowest BCUT2D eigenvalue weighted by molar-refractivity contribution is -0.116. The zero-order valence-electron chi connectivity index (χ0n) is 12.0. The van der Waals surface area contributed by atoms with Gasteiger partial charge in [0.05, 0.1) is 29.6 Å². The van der Waals surface area contributed by atoms with Crippen molar-refractivity contribution in [3.05, 3.63) is 23.8 Å². The first-order valence-electron chi connectivity index (χ1n) is 7.27. The Labute approximate surface area is 123 Å². The van der Waals surface area contributed by atoms with Crippen LogP contribution in [0.2, 0.25) is 0 Å². The van der Waals surface area contributed by atoms with Crippen molar-refractivity contribution in [2.24, 2.45) is 0 Å². The van der Waals surface area contributed by atoms with Gasteiger partial charge in [0.15, 0.2) is 0 Å². The Morgan fingerprint density at radius 1 is 1.48 bits per heavy atom. The summed E-state index contributed by atoms with van der Waals surface area (Å²) in [5, 5.41) is 6.22. The Bertz CT molecular complexity index is 573. The maximum atomic E-state index is 12.0. The number of anilines is 2. The van der Waals surface area contributed by atoms with Crippen LogP contribution in [0.25, 0.3) is 0 Å². The third kappa shape index (κ3) is 2.71. The van der Waals surface area contributed by atoms with E-state index in [0.717, 1.165) is 31.0 Å². The number of fused-ring (bicyclic) bond motifs is 3. The summed E-state index contributed by atoms with van der Waals surface area (Å²) in [7, 11) is 0. The molecule has 1 aromatic carbocycles. The minimum atomic E-state index is -0.331. The molecule has 6 heteroatoms. The van der Waals surface area contributed by atoms with Crippen LogP contribution in [0.15, 0.2) is 18.2 Å². The highest BCUT2D eigenvalue weighted by Crippen LogP contribution is 2.33. The molecule has 6 nitrogen and oxygen atoms in total. The third-order valence-corrected chi connectivity index (χ3v) is 3.86. The van der Waals surface area contributed by atoms with E-state index >= 15 is 0 Å². The van der Waals surface area contributed by atoms with Crippen molar-refractivity contribution >= 4 is 23.3 Å². The number of benzene rings is 1. The smallest absolute Gasteiger partial charge is 0.338 e. The average Bonchev–Trinajstić information content (AvgIpc) is 2.62. The number of ether oxygens (including phenoxy) is 1. The molecule has 2 N–H and O–H groups in total. The van der Waals surface area contributed by atoms with Gasteiger partial charge in [-0.15, -0.1) is 0 Å². The molecule has 0 spiro atoms. The summed E-state index contributed by atoms with van der Waals surface area (Å²) in [6, 6.07) is 5.42. The van der Waals surface area contributed by atoms with Crippen LogP contribution < -0.4 is 15.5 Å². The Balaban J connectivity index is 1.99. The first kappa shape index (κ1) is 13.9. The zero-order chi connectivity index (χ0) is 14.8. The van der Waals surface area contributed by atoms with E-state index in [9.17, 15) is 9.59 Å². The van der Waals surface area contributed by atoms with Crippen molar-refractivity contribution in [2.75, 3.05) is 36.5 Å². The number of amides is 1. The highest BCUT2D eigenvalue weighted by Gasteiger charge is 2.30. The number of nitrogens with zero attached hydrogens (tertiary/aromatic N) is 1. The van der Waals surface area contributed by atoms with Gasteiger partial charge in [0, 0.05) is 26.1 Å². The van der Waals surface area contributed by atoms with Crippen LogP contribution in [-0.4, -0.2) is 44.2 Å². The lowest BCUT2D eigenvalue weighted by Crippen LogP contribution is -2.51. The van der Waals surface area contributed by atoms with Gasteiger partial charge in [0.1, 0.15) is 0 Å². The highest BCUT2D eigenvalue weighted by molar-refractivity contribution is 5.99. The number of carbonyl (C=O) groups excluding carboxylic acids is 2. The van der Waals surface area contributed by atoms with Gasteiger partial charge in [0.2, 0.25) is 5.91 Å². The van der Waals surface area contributed by atoms with Crippen molar-refractivity contribution in [1.82, 2.24) is 5.32 Å². The van der Waals surface area contributed by atoms with E-state index in [1.807, 2.05) is 6.07 Å². The predicted octanol–water partition coefficient (Wildman–Crippen LogP) is 0.984. The second-order valence-corrected chi connectivity index (χ2v) is 5.26. The van der Waals surface area contributed by atoms with Gasteiger partial charge in [0.25, 0.3) is 0 Å². The molecular weight excluding hydrogens is 270 g/mol. The quantitative estimate of drug-likeness (QED) is 0.794. The maximum Gasteiger partial charge on any atom is 0.338 e. The van der Waals surface area contributed by atoms with E-state index < -0.39 is 0 Å². The largest absolute Gasteiger partial charge is 0.462 e. The first-order valence-corrected chi connectivity index (χ1v) is 7.27. The molecule has 0 aliphatic carbocycles. The fraction of sp³-hybridized carbons (Fsp3) is 0.467. The van der Waals surface area contributed by atoms with Crippen LogP contribution in [-0.2, 0) is 9.53 Å². The van der Waals surface area contributed by atoms with Crippen LogP contribution in [0.3, 0.4) is 0 Å². The molecule has 1 fully saturated rings. The fourth-order valence-electron chi connectivity index (χ4n) is 2.89. The van der Waals surface area contributed by atoms with Gasteiger partial charge in [-0.3, -0.25) is 4.79 Å². The summed E-state index contributed by atoms with van der Waals surface area (Å²) >= 11 is 0. The first-order chi connectivity index (χ1) is 10.2. The number of hydrogen-bond donors (Lipinski definition) is 2. The van der Waals surface area contributed by atoms with Crippen molar-refractivity contribution in [2.45, 2.75) is 19.4 Å². The van der Waals surface area contributed by atoms with Crippen molar-refractivity contribution in [3.8, 4) is 0 Å². The van der Waals surface area contributed by atoms with Crippen molar-refractivity contribution in [1.29, 1.82) is 0 Å². The van der Waals surface area contributed by atoms with Gasteiger partial charge in [-0.2, -0.15) is 0 Å². The molecule has 1 unspecified atom stereocenters. The summed E-state index contributed by atoms with van der Waals surface area (Å²) < 4.78 is 5.05. The number of esters is 1. The van der Waals surface area contributed by atoms with Crippen LogP contribution in [0.4, 0.5) is 11.4 Å². The molecule has 2 heterocycles. The molecule has 0 saturated carbocycles. The summed E-state index contributed by atoms with van der Waals surface area (Å²) in [6.45, 7) is 4.60. The standard InChI is InChI=1S/C15H19N3O3/c1-2-21-15(20)10-3-4-12-13(7-10)18-6-5-16-9-11(18)8-14(19)17-12/h3-4,7,11,16H,2,5-6,8-9H2,1H3,(H,17,19). The summed E-state index contributed by atoms with van der Waals surface area (Å²) in [5.41, 5.74) is 2.18.